The molecule has 0 heterocycles. The molecule has 2 nitrogen and oxygen atoms in total. The molecule has 1 rings (SSSR count). The van der Waals surface area contributed by atoms with Crippen LogP contribution in [-0.4, -0.2) is 17.8 Å². The fourth-order valence-electron chi connectivity index (χ4n) is 1.00. The average molecular weight is 200 g/mol. The highest BCUT2D eigenvalue weighted by atomic mass is 35.5. The van der Waals surface area contributed by atoms with Crippen molar-refractivity contribution in [3.05, 3.63) is 34.9 Å². The molecular formula is C10H14ClNO. The van der Waals surface area contributed by atoms with Crippen molar-refractivity contribution in [2.24, 2.45) is 0 Å². The molecule has 0 saturated carbocycles. The predicted molar refractivity (Wildman–Crippen MR) is 54.8 cm³/mol. The summed E-state index contributed by atoms with van der Waals surface area (Å²) < 4.78 is 0. The molecule has 0 aliphatic carbocycles. The van der Waals surface area contributed by atoms with Gasteiger partial charge in [-0.25, -0.2) is 0 Å². The molecule has 13 heavy (non-hydrogen) atoms. The van der Waals surface area contributed by atoms with Gasteiger partial charge in [0.1, 0.15) is 0 Å². The third-order valence-electron chi connectivity index (χ3n) is 1.82. The van der Waals surface area contributed by atoms with E-state index < -0.39 is 0 Å². The minimum absolute atomic E-state index is 0.124. The first-order chi connectivity index (χ1) is 6.22. The second kappa shape index (κ2) is 5.22. The Labute approximate surface area is 83.5 Å². The van der Waals surface area contributed by atoms with Crippen molar-refractivity contribution < 1.29 is 5.11 Å². The highest BCUT2D eigenvalue weighted by Crippen LogP contribution is 2.10. The lowest BCUT2D eigenvalue weighted by Crippen LogP contribution is -2.28. The fourth-order valence-corrected chi connectivity index (χ4v) is 1.22. The molecule has 1 aromatic rings. The van der Waals surface area contributed by atoms with Gasteiger partial charge in [0, 0.05) is 17.6 Å². The first-order valence-electron chi connectivity index (χ1n) is 4.31. The molecule has 0 saturated heterocycles. The van der Waals surface area contributed by atoms with Gasteiger partial charge in [-0.2, -0.15) is 0 Å². The molecule has 0 spiro atoms. The Balaban J connectivity index is 2.45. The highest BCUT2D eigenvalue weighted by Gasteiger charge is 1.98. The van der Waals surface area contributed by atoms with Crippen molar-refractivity contribution in [2.45, 2.75) is 19.5 Å². The van der Waals surface area contributed by atoms with E-state index in [4.69, 9.17) is 16.7 Å². The van der Waals surface area contributed by atoms with Crippen LogP contribution in [0.5, 0.6) is 0 Å². The zero-order chi connectivity index (χ0) is 9.68. The smallest absolute Gasteiger partial charge is 0.0582 e. The summed E-state index contributed by atoms with van der Waals surface area (Å²) in [5.74, 6) is 0. The van der Waals surface area contributed by atoms with Gasteiger partial charge in [0.2, 0.25) is 0 Å². The maximum absolute atomic E-state index is 8.78. The molecule has 72 valence electrons. The number of hydrogen-bond donors (Lipinski definition) is 2. The van der Waals surface area contributed by atoms with Gasteiger partial charge in [0.15, 0.2) is 0 Å². The number of aliphatic hydroxyl groups is 1. The molecule has 2 N–H and O–H groups in total. The van der Waals surface area contributed by atoms with Gasteiger partial charge in [-0.3, -0.25) is 0 Å². The van der Waals surface area contributed by atoms with E-state index in [-0.39, 0.29) is 12.6 Å². The van der Waals surface area contributed by atoms with Crippen molar-refractivity contribution in [2.75, 3.05) is 6.61 Å². The standard InChI is InChI=1S/C10H14ClNO/c1-8(7-13)12-6-9-3-2-4-10(11)5-9/h2-5,8,12-13H,6-7H2,1H3. The van der Waals surface area contributed by atoms with Gasteiger partial charge in [-0.15, -0.1) is 0 Å². The van der Waals surface area contributed by atoms with Crippen LogP contribution in [0, 0.1) is 0 Å². The van der Waals surface area contributed by atoms with E-state index in [0.29, 0.717) is 0 Å². The number of benzene rings is 1. The normalized spacial score (nSPS) is 12.8. The molecule has 1 atom stereocenters. The Hall–Kier alpha value is -0.570. The Morgan fingerprint density at radius 2 is 2.31 bits per heavy atom. The first kappa shape index (κ1) is 10.5. The predicted octanol–water partition coefficient (Wildman–Crippen LogP) is 1.81. The summed E-state index contributed by atoms with van der Waals surface area (Å²) in [6, 6.07) is 7.81. The molecule has 0 aromatic heterocycles. The average Bonchev–Trinajstić information content (AvgIpc) is 2.14. The van der Waals surface area contributed by atoms with Gasteiger partial charge in [0.25, 0.3) is 0 Å². The maximum Gasteiger partial charge on any atom is 0.0582 e. The van der Waals surface area contributed by atoms with E-state index in [1.54, 1.807) is 0 Å². The van der Waals surface area contributed by atoms with Crippen LogP contribution >= 0.6 is 11.6 Å². The fraction of sp³-hybridized carbons (Fsp3) is 0.400. The van der Waals surface area contributed by atoms with Gasteiger partial charge in [0.05, 0.1) is 6.61 Å². The maximum atomic E-state index is 8.78. The lowest BCUT2D eigenvalue weighted by Gasteiger charge is -2.10. The summed E-state index contributed by atoms with van der Waals surface area (Å²) >= 11 is 5.82. The van der Waals surface area contributed by atoms with Gasteiger partial charge < -0.3 is 10.4 Å². The highest BCUT2D eigenvalue weighted by molar-refractivity contribution is 6.30. The molecular weight excluding hydrogens is 186 g/mol. The number of aliphatic hydroxyl groups excluding tert-OH is 1. The van der Waals surface area contributed by atoms with Crippen molar-refractivity contribution >= 4 is 11.6 Å². The molecule has 0 bridgehead atoms. The molecule has 3 heteroatoms. The Morgan fingerprint density at radius 3 is 2.92 bits per heavy atom. The van der Waals surface area contributed by atoms with Crippen LogP contribution in [0.1, 0.15) is 12.5 Å². The number of halogens is 1. The summed E-state index contributed by atoms with van der Waals surface area (Å²) in [6.45, 7) is 2.83. The quantitative estimate of drug-likeness (QED) is 0.776. The van der Waals surface area contributed by atoms with Crippen molar-refractivity contribution in [1.29, 1.82) is 0 Å². The van der Waals surface area contributed by atoms with Crippen LogP contribution in [0.4, 0.5) is 0 Å². The molecule has 1 unspecified atom stereocenters. The van der Waals surface area contributed by atoms with Crippen LogP contribution in [0.15, 0.2) is 24.3 Å². The van der Waals surface area contributed by atoms with Gasteiger partial charge in [-0.1, -0.05) is 23.7 Å². The number of hydrogen-bond acceptors (Lipinski definition) is 2. The monoisotopic (exact) mass is 199 g/mol. The summed E-state index contributed by atoms with van der Waals surface area (Å²) in [4.78, 5) is 0. The summed E-state index contributed by atoms with van der Waals surface area (Å²) in [5.41, 5.74) is 1.13. The topological polar surface area (TPSA) is 32.3 Å². The van der Waals surface area contributed by atoms with Crippen LogP contribution in [0.25, 0.3) is 0 Å². The van der Waals surface area contributed by atoms with E-state index in [2.05, 4.69) is 5.32 Å². The molecule has 0 radical (unpaired) electrons. The minimum atomic E-state index is 0.124. The molecule has 0 aliphatic rings. The molecule has 0 fully saturated rings. The third-order valence-corrected chi connectivity index (χ3v) is 2.05. The van der Waals surface area contributed by atoms with E-state index in [9.17, 15) is 0 Å². The Kier molecular flexibility index (Phi) is 4.22. The van der Waals surface area contributed by atoms with Gasteiger partial charge >= 0.3 is 0 Å². The van der Waals surface area contributed by atoms with Crippen molar-refractivity contribution in [3.8, 4) is 0 Å². The SMILES string of the molecule is CC(CO)NCc1cccc(Cl)c1. The lowest BCUT2D eigenvalue weighted by atomic mass is 10.2. The van der Waals surface area contributed by atoms with Crippen LogP contribution < -0.4 is 5.32 Å². The molecule has 0 aliphatic heterocycles. The molecule has 0 amide bonds. The van der Waals surface area contributed by atoms with Crippen molar-refractivity contribution in [3.63, 3.8) is 0 Å². The van der Waals surface area contributed by atoms with Crippen LogP contribution in [0.2, 0.25) is 5.02 Å². The third kappa shape index (κ3) is 3.77. The Bertz CT molecular complexity index is 265. The lowest BCUT2D eigenvalue weighted by molar-refractivity contribution is 0.251. The Morgan fingerprint density at radius 1 is 1.54 bits per heavy atom. The van der Waals surface area contributed by atoms with Crippen molar-refractivity contribution in [1.82, 2.24) is 5.32 Å². The van der Waals surface area contributed by atoms with Crippen LogP contribution in [-0.2, 0) is 6.54 Å². The minimum Gasteiger partial charge on any atom is -0.395 e. The zero-order valence-electron chi connectivity index (χ0n) is 7.63. The largest absolute Gasteiger partial charge is 0.395 e. The second-order valence-electron chi connectivity index (χ2n) is 3.09. The van der Waals surface area contributed by atoms with Crippen LogP contribution in [0.3, 0.4) is 0 Å². The first-order valence-corrected chi connectivity index (χ1v) is 4.69. The summed E-state index contributed by atoms with van der Waals surface area (Å²) in [7, 11) is 0. The zero-order valence-corrected chi connectivity index (χ0v) is 8.38. The number of nitrogens with one attached hydrogen (secondary N) is 1. The number of rotatable bonds is 4. The van der Waals surface area contributed by atoms with E-state index in [1.807, 2.05) is 31.2 Å². The van der Waals surface area contributed by atoms with E-state index in [1.165, 1.54) is 0 Å². The second-order valence-corrected chi connectivity index (χ2v) is 3.53. The van der Waals surface area contributed by atoms with Gasteiger partial charge in [-0.05, 0) is 24.6 Å². The molecule has 1 aromatic carbocycles. The van der Waals surface area contributed by atoms with E-state index in [0.717, 1.165) is 17.1 Å². The summed E-state index contributed by atoms with van der Waals surface area (Å²) in [6.07, 6.45) is 0. The van der Waals surface area contributed by atoms with E-state index >= 15 is 0 Å². The summed E-state index contributed by atoms with van der Waals surface area (Å²) in [5, 5.41) is 12.7.